The zero-order valence-electron chi connectivity index (χ0n) is 10.5. The Kier molecular flexibility index (Phi) is 3.18. The number of nitrogens with one attached hydrogen (secondary N) is 1. The second kappa shape index (κ2) is 4.82. The van der Waals surface area contributed by atoms with Crippen LogP contribution in [0.2, 0.25) is 0 Å². The summed E-state index contributed by atoms with van der Waals surface area (Å²) in [7, 11) is 0. The maximum Gasteiger partial charge on any atom is 0.147 e. The minimum Gasteiger partial charge on any atom is -0.364 e. The van der Waals surface area contributed by atoms with Crippen molar-refractivity contribution in [1.82, 2.24) is 9.97 Å². The third kappa shape index (κ3) is 2.08. The van der Waals surface area contributed by atoms with Crippen molar-refractivity contribution in [3.05, 3.63) is 17.3 Å². The highest BCUT2D eigenvalue weighted by molar-refractivity contribution is 7.18. The third-order valence-corrected chi connectivity index (χ3v) is 4.77. The van der Waals surface area contributed by atoms with Crippen molar-refractivity contribution in [2.45, 2.75) is 44.7 Å². The number of hydrogen-bond donors (Lipinski definition) is 2. The van der Waals surface area contributed by atoms with Gasteiger partial charge in [-0.3, -0.25) is 0 Å². The lowest BCUT2D eigenvalue weighted by Gasteiger charge is -2.29. The number of hydrogen-bond acceptors (Lipinski definition) is 5. The Morgan fingerprint density at radius 3 is 3.00 bits per heavy atom. The van der Waals surface area contributed by atoms with Crippen LogP contribution >= 0.6 is 11.3 Å². The maximum absolute atomic E-state index is 6.17. The van der Waals surface area contributed by atoms with E-state index in [2.05, 4.69) is 27.6 Å². The average Bonchev–Trinajstić information content (AvgIpc) is 2.76. The highest BCUT2D eigenvalue weighted by Crippen LogP contribution is 2.30. The van der Waals surface area contributed by atoms with Gasteiger partial charge in [0, 0.05) is 12.1 Å². The van der Waals surface area contributed by atoms with Crippen molar-refractivity contribution < 1.29 is 0 Å². The van der Waals surface area contributed by atoms with Crippen LogP contribution in [0.3, 0.4) is 0 Å². The summed E-state index contributed by atoms with van der Waals surface area (Å²) >= 11 is 1.70. The molecule has 0 saturated heterocycles. The quantitative estimate of drug-likeness (QED) is 0.873. The molecule has 18 heavy (non-hydrogen) atoms. The van der Waals surface area contributed by atoms with Gasteiger partial charge in [-0.25, -0.2) is 9.97 Å². The van der Waals surface area contributed by atoms with Crippen LogP contribution in [-0.2, 0) is 0 Å². The molecule has 0 aliphatic heterocycles. The molecule has 3 rings (SSSR count). The molecule has 96 valence electrons. The van der Waals surface area contributed by atoms with E-state index in [1.165, 1.54) is 18.4 Å². The van der Waals surface area contributed by atoms with Gasteiger partial charge in [0.1, 0.15) is 12.1 Å². The Bertz CT molecular complexity index is 551. The summed E-state index contributed by atoms with van der Waals surface area (Å²) < 4.78 is 1.15. The fourth-order valence-corrected chi connectivity index (χ4v) is 3.54. The second-order valence-corrected chi connectivity index (χ2v) is 5.90. The molecule has 0 spiro atoms. The third-order valence-electron chi connectivity index (χ3n) is 3.67. The van der Waals surface area contributed by atoms with E-state index in [9.17, 15) is 0 Å². The Labute approximate surface area is 111 Å². The van der Waals surface area contributed by atoms with Crippen molar-refractivity contribution >= 4 is 27.4 Å². The number of rotatable bonds is 2. The van der Waals surface area contributed by atoms with Gasteiger partial charge in [-0.05, 0) is 30.7 Å². The van der Waals surface area contributed by atoms with Crippen LogP contribution in [0, 0.1) is 6.92 Å². The van der Waals surface area contributed by atoms with Crippen molar-refractivity contribution in [3.8, 4) is 0 Å². The summed E-state index contributed by atoms with van der Waals surface area (Å²) in [6.45, 7) is 2.09. The fraction of sp³-hybridized carbons (Fsp3) is 0.538. The molecule has 2 aromatic rings. The van der Waals surface area contributed by atoms with Crippen LogP contribution in [0.25, 0.3) is 10.2 Å². The molecule has 2 atom stereocenters. The minimum absolute atomic E-state index is 0.241. The molecule has 0 aromatic carbocycles. The van der Waals surface area contributed by atoms with E-state index >= 15 is 0 Å². The minimum atomic E-state index is 0.241. The molecule has 1 aliphatic rings. The van der Waals surface area contributed by atoms with Gasteiger partial charge in [-0.1, -0.05) is 12.8 Å². The predicted octanol–water partition coefficient (Wildman–Crippen LogP) is 2.68. The van der Waals surface area contributed by atoms with Gasteiger partial charge in [-0.15, -0.1) is 11.3 Å². The van der Waals surface area contributed by atoms with E-state index < -0.39 is 0 Å². The van der Waals surface area contributed by atoms with Gasteiger partial charge < -0.3 is 11.1 Å². The molecule has 1 fully saturated rings. The molecule has 2 unspecified atom stereocenters. The molecule has 2 aromatic heterocycles. The Balaban J connectivity index is 1.90. The number of nitrogens with zero attached hydrogens (tertiary/aromatic N) is 2. The summed E-state index contributed by atoms with van der Waals surface area (Å²) in [6, 6.07) is 0.587. The zero-order valence-corrected chi connectivity index (χ0v) is 11.3. The highest BCUT2D eigenvalue weighted by Gasteiger charge is 2.22. The summed E-state index contributed by atoms with van der Waals surface area (Å²) in [4.78, 5) is 8.72. The van der Waals surface area contributed by atoms with Gasteiger partial charge in [0.05, 0.1) is 10.2 Å². The van der Waals surface area contributed by atoms with Gasteiger partial charge in [0.2, 0.25) is 0 Å². The molecule has 4 nitrogen and oxygen atoms in total. The monoisotopic (exact) mass is 262 g/mol. The van der Waals surface area contributed by atoms with E-state index in [0.29, 0.717) is 6.04 Å². The predicted molar refractivity (Wildman–Crippen MR) is 76.0 cm³/mol. The molecular weight excluding hydrogens is 244 g/mol. The second-order valence-electron chi connectivity index (χ2n) is 5.02. The first-order valence-corrected chi connectivity index (χ1v) is 7.34. The first-order valence-electron chi connectivity index (χ1n) is 6.46. The maximum atomic E-state index is 6.17. The van der Waals surface area contributed by atoms with Crippen LogP contribution in [-0.4, -0.2) is 22.1 Å². The topological polar surface area (TPSA) is 63.8 Å². The van der Waals surface area contributed by atoms with Crippen molar-refractivity contribution in [2.75, 3.05) is 5.32 Å². The summed E-state index contributed by atoms with van der Waals surface area (Å²) in [5.41, 5.74) is 8.45. The number of aryl methyl sites for hydroxylation is 1. The smallest absolute Gasteiger partial charge is 0.147 e. The highest BCUT2D eigenvalue weighted by atomic mass is 32.1. The van der Waals surface area contributed by atoms with Crippen LogP contribution in [0.5, 0.6) is 0 Å². The van der Waals surface area contributed by atoms with Gasteiger partial charge in [0.15, 0.2) is 0 Å². The molecule has 2 heterocycles. The van der Waals surface area contributed by atoms with Crippen LogP contribution in [0.1, 0.15) is 31.2 Å². The SMILES string of the molecule is Cc1csc2c(NC3CCCCC3N)ncnc12. The largest absolute Gasteiger partial charge is 0.364 e. The van der Waals surface area contributed by atoms with Gasteiger partial charge in [-0.2, -0.15) is 0 Å². The molecule has 1 saturated carbocycles. The van der Waals surface area contributed by atoms with Gasteiger partial charge in [0.25, 0.3) is 0 Å². The first-order chi connectivity index (χ1) is 8.75. The van der Waals surface area contributed by atoms with Crippen molar-refractivity contribution in [2.24, 2.45) is 5.73 Å². The molecule has 5 heteroatoms. The number of anilines is 1. The molecule has 3 N–H and O–H groups in total. The van der Waals surface area contributed by atoms with Crippen LogP contribution in [0.4, 0.5) is 5.82 Å². The van der Waals surface area contributed by atoms with E-state index in [4.69, 9.17) is 5.73 Å². The Morgan fingerprint density at radius 2 is 2.17 bits per heavy atom. The van der Waals surface area contributed by atoms with Crippen LogP contribution in [0.15, 0.2) is 11.7 Å². The van der Waals surface area contributed by atoms with Gasteiger partial charge >= 0.3 is 0 Å². The average molecular weight is 262 g/mol. The Morgan fingerprint density at radius 1 is 1.33 bits per heavy atom. The van der Waals surface area contributed by atoms with E-state index in [1.807, 2.05) is 0 Å². The lowest BCUT2D eigenvalue weighted by Crippen LogP contribution is -2.42. The first kappa shape index (κ1) is 11.9. The fourth-order valence-electron chi connectivity index (χ4n) is 2.59. The molecular formula is C13H18N4S. The number of fused-ring (bicyclic) bond motifs is 1. The molecule has 1 aliphatic carbocycles. The number of thiophene rings is 1. The molecule has 0 radical (unpaired) electrons. The van der Waals surface area contributed by atoms with Crippen molar-refractivity contribution in [1.29, 1.82) is 0 Å². The lowest BCUT2D eigenvalue weighted by molar-refractivity contribution is 0.403. The van der Waals surface area contributed by atoms with Crippen molar-refractivity contribution in [3.63, 3.8) is 0 Å². The standard InChI is InChI=1S/C13H18N4S/c1-8-6-18-12-11(8)15-7-16-13(12)17-10-5-3-2-4-9(10)14/h6-7,9-10H,2-5,14H2,1H3,(H,15,16,17). The Hall–Kier alpha value is -1.20. The molecule has 0 amide bonds. The number of aromatic nitrogens is 2. The summed E-state index contributed by atoms with van der Waals surface area (Å²) in [5, 5.41) is 5.65. The zero-order chi connectivity index (χ0) is 12.5. The van der Waals surface area contributed by atoms with E-state index in [-0.39, 0.29) is 6.04 Å². The lowest BCUT2D eigenvalue weighted by atomic mass is 9.91. The summed E-state index contributed by atoms with van der Waals surface area (Å²) in [5.74, 6) is 0.945. The number of nitrogens with two attached hydrogens (primary N) is 1. The van der Waals surface area contributed by atoms with Crippen LogP contribution < -0.4 is 11.1 Å². The normalized spacial score (nSPS) is 24.3. The van der Waals surface area contributed by atoms with E-state index in [1.54, 1.807) is 17.7 Å². The van der Waals surface area contributed by atoms with E-state index in [0.717, 1.165) is 28.9 Å². The molecule has 0 bridgehead atoms. The summed E-state index contributed by atoms with van der Waals surface area (Å²) in [6.07, 6.45) is 6.38.